The van der Waals surface area contributed by atoms with E-state index in [0.29, 0.717) is 0 Å². The molecule has 0 amide bonds. The minimum atomic E-state index is 0.764. The van der Waals surface area contributed by atoms with Gasteiger partial charge in [-0.25, -0.2) is 0 Å². The number of anilines is 2. The van der Waals surface area contributed by atoms with Crippen LogP contribution in [0.4, 0.5) is 11.4 Å². The molecule has 1 aliphatic heterocycles. The number of aromatic nitrogens is 2. The first-order valence-electron chi connectivity index (χ1n) is 8.02. The number of piperazine rings is 1. The number of halogens is 1. The van der Waals surface area contributed by atoms with E-state index >= 15 is 0 Å². The number of thiocarbonyl (C=S) groups is 1. The maximum absolute atomic E-state index is 6.09. The molecule has 2 aromatic rings. The summed E-state index contributed by atoms with van der Waals surface area (Å²) in [6.07, 6.45) is 0. The van der Waals surface area contributed by atoms with Crippen molar-refractivity contribution in [1.29, 1.82) is 0 Å². The molecule has 0 radical (unpaired) electrons. The fourth-order valence-electron chi connectivity index (χ4n) is 2.98. The van der Waals surface area contributed by atoms with Gasteiger partial charge in [0.15, 0.2) is 5.11 Å². The molecule has 128 valence electrons. The molecule has 1 saturated heterocycles. The van der Waals surface area contributed by atoms with E-state index in [4.69, 9.17) is 23.8 Å². The van der Waals surface area contributed by atoms with Crippen molar-refractivity contribution in [3.05, 3.63) is 40.7 Å². The van der Waals surface area contributed by atoms with Gasteiger partial charge in [0, 0.05) is 43.9 Å². The fraction of sp³-hybridized carbons (Fsp3) is 0.412. The van der Waals surface area contributed by atoms with Gasteiger partial charge in [-0.2, -0.15) is 5.10 Å². The summed E-state index contributed by atoms with van der Waals surface area (Å²) in [4.78, 5) is 4.55. The molecule has 1 aromatic heterocycles. The van der Waals surface area contributed by atoms with E-state index in [1.807, 2.05) is 43.8 Å². The van der Waals surface area contributed by atoms with E-state index in [1.165, 1.54) is 5.69 Å². The highest BCUT2D eigenvalue weighted by Crippen LogP contribution is 2.22. The Morgan fingerprint density at radius 3 is 2.50 bits per heavy atom. The summed E-state index contributed by atoms with van der Waals surface area (Å²) in [5.41, 5.74) is 4.24. The lowest BCUT2D eigenvalue weighted by molar-refractivity contribution is 0.391. The first kappa shape index (κ1) is 17.0. The molecule has 0 bridgehead atoms. The van der Waals surface area contributed by atoms with Crippen LogP contribution in [0.15, 0.2) is 24.3 Å². The van der Waals surface area contributed by atoms with Crippen molar-refractivity contribution in [2.24, 2.45) is 7.05 Å². The Labute approximate surface area is 153 Å². The van der Waals surface area contributed by atoms with Gasteiger partial charge in [-0.15, -0.1) is 0 Å². The molecule has 1 aromatic carbocycles. The lowest BCUT2D eigenvalue weighted by atomic mass is 10.2. The van der Waals surface area contributed by atoms with Crippen LogP contribution in [-0.2, 0) is 7.05 Å². The standard InChI is InChI=1S/C17H22ClN5S/c1-12-16(13(2)21(3)20-12)19-17(24)23-9-7-22(8-10-23)15-6-4-5-14(18)11-15/h4-6,11H,7-10H2,1-3H3,(H,19,24). The van der Waals surface area contributed by atoms with Crippen molar-refractivity contribution in [2.75, 3.05) is 36.4 Å². The number of rotatable bonds is 2. The SMILES string of the molecule is Cc1nn(C)c(C)c1NC(=S)N1CCN(c2cccc(Cl)c2)CC1. The number of hydrogen-bond donors (Lipinski definition) is 1. The predicted octanol–water partition coefficient (Wildman–Crippen LogP) is 3.21. The third-order valence-corrected chi connectivity index (χ3v) is 5.08. The average Bonchev–Trinajstić information content (AvgIpc) is 2.81. The van der Waals surface area contributed by atoms with E-state index < -0.39 is 0 Å². The topological polar surface area (TPSA) is 36.3 Å². The Balaban J connectivity index is 1.61. The predicted molar refractivity (Wildman–Crippen MR) is 104 cm³/mol. The molecule has 1 fully saturated rings. The van der Waals surface area contributed by atoms with Crippen molar-refractivity contribution in [3.63, 3.8) is 0 Å². The van der Waals surface area contributed by atoms with Crippen LogP contribution in [0.3, 0.4) is 0 Å². The first-order chi connectivity index (χ1) is 11.5. The second-order valence-electron chi connectivity index (χ2n) is 6.05. The molecule has 0 spiro atoms. The summed E-state index contributed by atoms with van der Waals surface area (Å²) in [7, 11) is 1.94. The van der Waals surface area contributed by atoms with Crippen molar-refractivity contribution in [3.8, 4) is 0 Å². The number of aryl methyl sites for hydroxylation is 2. The number of nitrogens with zero attached hydrogens (tertiary/aromatic N) is 4. The third kappa shape index (κ3) is 3.49. The monoisotopic (exact) mass is 363 g/mol. The van der Waals surface area contributed by atoms with Gasteiger partial charge >= 0.3 is 0 Å². The smallest absolute Gasteiger partial charge is 0.173 e. The van der Waals surface area contributed by atoms with Crippen LogP contribution in [0, 0.1) is 13.8 Å². The third-order valence-electron chi connectivity index (χ3n) is 4.48. The zero-order chi connectivity index (χ0) is 17.3. The van der Waals surface area contributed by atoms with Crippen LogP contribution >= 0.6 is 23.8 Å². The van der Waals surface area contributed by atoms with Crippen LogP contribution < -0.4 is 10.2 Å². The second kappa shape index (κ2) is 6.99. The summed E-state index contributed by atoms with van der Waals surface area (Å²) in [5, 5.41) is 9.33. The lowest BCUT2D eigenvalue weighted by Gasteiger charge is -2.37. The highest BCUT2D eigenvalue weighted by molar-refractivity contribution is 7.80. The van der Waals surface area contributed by atoms with Gasteiger partial charge in [0.25, 0.3) is 0 Å². The van der Waals surface area contributed by atoms with Crippen LogP contribution in [0.5, 0.6) is 0 Å². The number of benzene rings is 1. The molecule has 1 N–H and O–H groups in total. The molecule has 0 aliphatic carbocycles. The van der Waals surface area contributed by atoms with Crippen molar-refractivity contribution in [1.82, 2.24) is 14.7 Å². The van der Waals surface area contributed by atoms with E-state index in [0.717, 1.165) is 53.4 Å². The first-order valence-corrected chi connectivity index (χ1v) is 8.81. The average molecular weight is 364 g/mol. The van der Waals surface area contributed by atoms with Crippen LogP contribution in [-0.4, -0.2) is 46.0 Å². The Morgan fingerprint density at radius 2 is 1.92 bits per heavy atom. The molecule has 5 nitrogen and oxygen atoms in total. The molecule has 1 aliphatic rings. The normalized spacial score (nSPS) is 14.8. The van der Waals surface area contributed by atoms with Gasteiger partial charge in [0.05, 0.1) is 17.1 Å². The van der Waals surface area contributed by atoms with E-state index in [2.05, 4.69) is 26.3 Å². The van der Waals surface area contributed by atoms with Gasteiger partial charge in [-0.05, 0) is 44.3 Å². The van der Waals surface area contributed by atoms with E-state index in [-0.39, 0.29) is 0 Å². The van der Waals surface area contributed by atoms with Gasteiger partial charge in [0.1, 0.15) is 0 Å². The molecule has 0 saturated carbocycles. The summed E-state index contributed by atoms with van der Waals surface area (Å²) < 4.78 is 1.87. The maximum atomic E-state index is 6.09. The molecule has 24 heavy (non-hydrogen) atoms. The van der Waals surface area contributed by atoms with E-state index in [9.17, 15) is 0 Å². The lowest BCUT2D eigenvalue weighted by Crippen LogP contribution is -2.50. The van der Waals surface area contributed by atoms with Gasteiger partial charge in [-0.3, -0.25) is 4.68 Å². The van der Waals surface area contributed by atoms with Crippen LogP contribution in [0.25, 0.3) is 0 Å². The quantitative estimate of drug-likeness (QED) is 0.829. The fourth-order valence-corrected chi connectivity index (χ4v) is 3.45. The molecule has 2 heterocycles. The highest BCUT2D eigenvalue weighted by Gasteiger charge is 2.21. The van der Waals surface area contributed by atoms with Crippen LogP contribution in [0.1, 0.15) is 11.4 Å². The molecule has 0 atom stereocenters. The van der Waals surface area contributed by atoms with Crippen molar-refractivity contribution < 1.29 is 0 Å². The van der Waals surface area contributed by atoms with E-state index in [1.54, 1.807) is 0 Å². The minimum Gasteiger partial charge on any atom is -0.368 e. The molecule has 3 rings (SSSR count). The number of hydrogen-bond acceptors (Lipinski definition) is 3. The van der Waals surface area contributed by atoms with Crippen molar-refractivity contribution >= 4 is 40.3 Å². The van der Waals surface area contributed by atoms with Gasteiger partial charge < -0.3 is 15.1 Å². The van der Waals surface area contributed by atoms with Gasteiger partial charge in [-0.1, -0.05) is 17.7 Å². The largest absolute Gasteiger partial charge is 0.368 e. The molecule has 7 heteroatoms. The van der Waals surface area contributed by atoms with Gasteiger partial charge in [0.2, 0.25) is 0 Å². The summed E-state index contributed by atoms with van der Waals surface area (Å²) in [5.74, 6) is 0. The Hall–Kier alpha value is -1.79. The van der Waals surface area contributed by atoms with Crippen molar-refractivity contribution in [2.45, 2.75) is 13.8 Å². The summed E-state index contributed by atoms with van der Waals surface area (Å²) in [6.45, 7) is 7.66. The Morgan fingerprint density at radius 1 is 1.21 bits per heavy atom. The highest BCUT2D eigenvalue weighted by atomic mass is 35.5. The second-order valence-corrected chi connectivity index (χ2v) is 6.88. The minimum absolute atomic E-state index is 0.764. The summed E-state index contributed by atoms with van der Waals surface area (Å²) >= 11 is 11.7. The molecular formula is C17H22ClN5S. The Kier molecular flexibility index (Phi) is 4.96. The Bertz CT molecular complexity index is 749. The van der Waals surface area contributed by atoms with Crippen LogP contribution in [0.2, 0.25) is 5.02 Å². The maximum Gasteiger partial charge on any atom is 0.173 e. The molecule has 0 unspecified atom stereocenters. The molecular weight excluding hydrogens is 342 g/mol. The zero-order valence-electron chi connectivity index (χ0n) is 14.2. The number of nitrogens with one attached hydrogen (secondary N) is 1. The summed E-state index contributed by atoms with van der Waals surface area (Å²) in [6, 6.07) is 8.00. The zero-order valence-corrected chi connectivity index (χ0v) is 15.8.